The predicted molar refractivity (Wildman–Crippen MR) is 151 cm³/mol. The summed E-state index contributed by atoms with van der Waals surface area (Å²) in [7, 11) is 1.64. The number of aliphatic imine (C=N–C) groups is 1. The molecule has 0 saturated carbocycles. The van der Waals surface area contributed by atoms with E-state index in [0.29, 0.717) is 62.2 Å². The van der Waals surface area contributed by atoms with Crippen molar-refractivity contribution in [1.29, 1.82) is 0 Å². The number of esters is 1. The van der Waals surface area contributed by atoms with Gasteiger partial charge in [-0.1, -0.05) is 23.7 Å². The largest absolute Gasteiger partial charge is 0.490 e. The molecule has 0 radical (unpaired) electrons. The zero-order valence-corrected chi connectivity index (χ0v) is 23.1. The third kappa shape index (κ3) is 6.99. The lowest BCUT2D eigenvalue weighted by atomic mass is 10.1. The molecule has 1 saturated heterocycles. The SMILES string of the molecule is CCOC(=O)c1ccc(N=C2SC(=Cc3cc(Cl)c(OCc4cccc(F)c4)c(OCC)c3)C(=O)N2C)cc1. The van der Waals surface area contributed by atoms with Crippen LogP contribution < -0.4 is 9.47 Å². The second kappa shape index (κ2) is 12.8. The molecule has 4 rings (SSSR count). The molecule has 3 aromatic rings. The van der Waals surface area contributed by atoms with Crippen molar-refractivity contribution in [1.82, 2.24) is 4.90 Å². The van der Waals surface area contributed by atoms with Crippen LogP contribution in [0.3, 0.4) is 0 Å². The van der Waals surface area contributed by atoms with Crippen LogP contribution in [0, 0.1) is 5.82 Å². The molecule has 10 heteroatoms. The summed E-state index contributed by atoms with van der Waals surface area (Å²) in [6.07, 6.45) is 1.71. The summed E-state index contributed by atoms with van der Waals surface area (Å²) in [5.74, 6) is -0.231. The van der Waals surface area contributed by atoms with Gasteiger partial charge < -0.3 is 14.2 Å². The van der Waals surface area contributed by atoms with Crippen molar-refractivity contribution in [3.63, 3.8) is 0 Å². The Balaban J connectivity index is 1.55. The number of carbonyl (C=O) groups is 2. The molecule has 1 amide bonds. The Morgan fingerprint density at radius 1 is 1.08 bits per heavy atom. The van der Waals surface area contributed by atoms with E-state index in [2.05, 4.69) is 4.99 Å². The highest BCUT2D eigenvalue weighted by atomic mass is 35.5. The molecule has 3 aromatic carbocycles. The average Bonchev–Trinajstić information content (AvgIpc) is 3.16. The minimum absolute atomic E-state index is 0.109. The van der Waals surface area contributed by atoms with E-state index in [1.807, 2.05) is 6.92 Å². The third-order valence-corrected chi connectivity index (χ3v) is 6.85. The Bertz CT molecular complexity index is 1440. The Kier molecular flexibility index (Phi) is 9.27. The van der Waals surface area contributed by atoms with E-state index in [9.17, 15) is 14.0 Å². The van der Waals surface area contributed by atoms with Crippen molar-refractivity contribution in [2.24, 2.45) is 4.99 Å². The number of hydrogen-bond donors (Lipinski definition) is 0. The van der Waals surface area contributed by atoms with Crippen LogP contribution in [-0.4, -0.2) is 42.2 Å². The van der Waals surface area contributed by atoms with Crippen molar-refractivity contribution in [2.75, 3.05) is 20.3 Å². The van der Waals surface area contributed by atoms with E-state index in [-0.39, 0.29) is 18.3 Å². The minimum atomic E-state index is -0.403. The standard InChI is InChI=1S/C29H26ClFN2O5S/c1-4-36-24-15-19(14-23(30)26(24)38-17-18-7-6-8-21(31)13-18)16-25-27(34)33(3)29(39-25)32-22-11-9-20(10-12-22)28(35)37-5-2/h6-16H,4-5,17H2,1-3H3. The fourth-order valence-corrected chi connectivity index (χ4v) is 4.92. The highest BCUT2D eigenvalue weighted by Crippen LogP contribution is 2.39. The van der Waals surface area contributed by atoms with Crippen LogP contribution in [0.2, 0.25) is 5.02 Å². The van der Waals surface area contributed by atoms with Crippen LogP contribution in [0.1, 0.15) is 35.3 Å². The molecule has 1 aliphatic rings. The summed E-state index contributed by atoms with van der Waals surface area (Å²) in [4.78, 5) is 31.3. The van der Waals surface area contributed by atoms with E-state index >= 15 is 0 Å². The molecular weight excluding hydrogens is 543 g/mol. The number of carbonyl (C=O) groups excluding carboxylic acids is 2. The van der Waals surface area contributed by atoms with Crippen LogP contribution in [0.25, 0.3) is 6.08 Å². The van der Waals surface area contributed by atoms with Gasteiger partial charge in [-0.2, -0.15) is 0 Å². The van der Waals surface area contributed by atoms with Gasteiger partial charge in [-0.05, 0) is 91.3 Å². The van der Waals surface area contributed by atoms with Gasteiger partial charge in [0.2, 0.25) is 0 Å². The monoisotopic (exact) mass is 568 g/mol. The van der Waals surface area contributed by atoms with Crippen LogP contribution in [0.15, 0.2) is 70.6 Å². The summed E-state index contributed by atoms with van der Waals surface area (Å²) in [5.41, 5.74) is 2.31. The van der Waals surface area contributed by atoms with Crippen molar-refractivity contribution in [3.05, 3.63) is 93.1 Å². The molecule has 1 heterocycles. The minimum Gasteiger partial charge on any atom is -0.490 e. The van der Waals surface area contributed by atoms with Crippen LogP contribution in [0.5, 0.6) is 11.5 Å². The fraction of sp³-hybridized carbons (Fsp3) is 0.207. The quantitative estimate of drug-likeness (QED) is 0.207. The fourth-order valence-electron chi connectivity index (χ4n) is 3.66. The van der Waals surface area contributed by atoms with Gasteiger partial charge in [-0.3, -0.25) is 9.69 Å². The highest BCUT2D eigenvalue weighted by Gasteiger charge is 2.30. The second-order valence-electron chi connectivity index (χ2n) is 8.32. The first-order chi connectivity index (χ1) is 18.8. The smallest absolute Gasteiger partial charge is 0.338 e. The number of amides is 1. The molecule has 0 aromatic heterocycles. The van der Waals surface area contributed by atoms with Crippen molar-refractivity contribution in [3.8, 4) is 11.5 Å². The van der Waals surface area contributed by atoms with Crippen LogP contribution >= 0.6 is 23.4 Å². The first-order valence-corrected chi connectivity index (χ1v) is 13.4. The van der Waals surface area contributed by atoms with E-state index in [0.717, 1.165) is 0 Å². The van der Waals surface area contributed by atoms with Gasteiger partial charge in [-0.25, -0.2) is 14.2 Å². The normalized spacial score (nSPS) is 15.2. The maximum absolute atomic E-state index is 13.5. The lowest BCUT2D eigenvalue weighted by Crippen LogP contribution is -2.23. The van der Waals surface area contributed by atoms with Crippen molar-refractivity contribution < 1.29 is 28.2 Å². The topological polar surface area (TPSA) is 77.4 Å². The molecule has 0 bridgehead atoms. The maximum Gasteiger partial charge on any atom is 0.338 e. The number of thioether (sulfide) groups is 1. The molecule has 1 fully saturated rings. The number of amidine groups is 1. The number of nitrogens with zero attached hydrogens (tertiary/aromatic N) is 2. The molecule has 0 atom stereocenters. The van der Waals surface area contributed by atoms with Gasteiger partial charge in [0.25, 0.3) is 5.91 Å². The van der Waals surface area contributed by atoms with Gasteiger partial charge in [0, 0.05) is 7.05 Å². The number of hydrogen-bond acceptors (Lipinski definition) is 7. The Morgan fingerprint density at radius 2 is 1.85 bits per heavy atom. The summed E-state index contributed by atoms with van der Waals surface area (Å²) in [5, 5.41) is 0.782. The lowest BCUT2D eigenvalue weighted by molar-refractivity contribution is -0.121. The summed E-state index contributed by atoms with van der Waals surface area (Å²) in [6.45, 7) is 4.36. The average molecular weight is 569 g/mol. The summed E-state index contributed by atoms with van der Waals surface area (Å²) < 4.78 is 30.2. The number of ether oxygens (including phenoxy) is 3. The van der Waals surface area contributed by atoms with Gasteiger partial charge in [0.05, 0.1) is 34.4 Å². The Labute approximate surface area is 235 Å². The van der Waals surface area contributed by atoms with Crippen LogP contribution in [0.4, 0.5) is 10.1 Å². The number of benzene rings is 3. The molecule has 0 N–H and O–H groups in total. The van der Waals surface area contributed by atoms with E-state index < -0.39 is 5.97 Å². The van der Waals surface area contributed by atoms with E-state index in [1.54, 1.807) is 68.6 Å². The number of rotatable bonds is 9. The number of halogens is 2. The molecule has 0 spiro atoms. The van der Waals surface area contributed by atoms with E-state index in [4.69, 9.17) is 25.8 Å². The molecule has 1 aliphatic heterocycles. The molecule has 0 unspecified atom stereocenters. The van der Waals surface area contributed by atoms with Gasteiger partial charge in [0.15, 0.2) is 16.7 Å². The predicted octanol–water partition coefficient (Wildman–Crippen LogP) is 6.87. The zero-order chi connectivity index (χ0) is 27.9. The number of likely N-dealkylation sites (N-methyl/N-ethyl adjacent to an activating group) is 1. The van der Waals surface area contributed by atoms with Gasteiger partial charge in [-0.15, -0.1) is 0 Å². The second-order valence-corrected chi connectivity index (χ2v) is 9.73. The van der Waals surface area contributed by atoms with Gasteiger partial charge >= 0.3 is 5.97 Å². The van der Waals surface area contributed by atoms with Gasteiger partial charge in [0.1, 0.15) is 12.4 Å². The third-order valence-electron chi connectivity index (χ3n) is 5.51. The first kappa shape index (κ1) is 28.2. The maximum atomic E-state index is 13.5. The summed E-state index contributed by atoms with van der Waals surface area (Å²) in [6, 6.07) is 16.2. The first-order valence-electron chi connectivity index (χ1n) is 12.2. The molecule has 7 nitrogen and oxygen atoms in total. The zero-order valence-electron chi connectivity index (χ0n) is 21.6. The molecular formula is C29H26ClFN2O5S. The highest BCUT2D eigenvalue weighted by molar-refractivity contribution is 8.18. The van der Waals surface area contributed by atoms with E-state index in [1.165, 1.54) is 28.8 Å². The molecule has 202 valence electrons. The Hall–Kier alpha value is -3.82. The lowest BCUT2D eigenvalue weighted by Gasteiger charge is -2.15. The van der Waals surface area contributed by atoms with Crippen LogP contribution in [-0.2, 0) is 16.1 Å². The van der Waals surface area contributed by atoms with Crippen molar-refractivity contribution in [2.45, 2.75) is 20.5 Å². The summed E-state index contributed by atoms with van der Waals surface area (Å²) >= 11 is 7.76. The molecule has 0 aliphatic carbocycles. The van der Waals surface area contributed by atoms with Crippen molar-refractivity contribution >= 4 is 52.2 Å². The molecule has 39 heavy (non-hydrogen) atoms. The Morgan fingerprint density at radius 3 is 2.54 bits per heavy atom.